The summed E-state index contributed by atoms with van der Waals surface area (Å²) in [6, 6.07) is 12.8. The zero-order chi connectivity index (χ0) is 20.3. The molecule has 0 aromatic heterocycles. The fraction of sp³-hybridized carbons (Fsp3) is 0.105. The Morgan fingerprint density at radius 1 is 1.29 bits per heavy atom. The molecule has 2 aromatic rings. The summed E-state index contributed by atoms with van der Waals surface area (Å²) in [4.78, 5) is 24.7. The third-order valence-electron chi connectivity index (χ3n) is 3.73. The summed E-state index contributed by atoms with van der Waals surface area (Å²) in [5, 5.41) is 9.56. The van der Waals surface area contributed by atoms with E-state index in [2.05, 4.69) is 15.9 Å². The van der Waals surface area contributed by atoms with Crippen LogP contribution in [0.1, 0.15) is 11.1 Å². The lowest BCUT2D eigenvalue weighted by molar-refractivity contribution is -0.140. The average molecular weight is 499 g/mol. The van der Waals surface area contributed by atoms with Gasteiger partial charge in [-0.1, -0.05) is 53.8 Å². The van der Waals surface area contributed by atoms with Crippen LogP contribution in [0.5, 0.6) is 5.75 Å². The van der Waals surface area contributed by atoms with Crippen LogP contribution in [0.25, 0.3) is 6.08 Å². The number of rotatable bonds is 6. The Balaban J connectivity index is 1.71. The maximum absolute atomic E-state index is 12.3. The molecule has 144 valence electrons. The van der Waals surface area contributed by atoms with Crippen molar-refractivity contribution in [1.82, 2.24) is 4.90 Å². The van der Waals surface area contributed by atoms with Crippen molar-refractivity contribution in [3.8, 4) is 5.75 Å². The van der Waals surface area contributed by atoms with Gasteiger partial charge in [0.15, 0.2) is 0 Å². The monoisotopic (exact) mass is 497 g/mol. The zero-order valence-electron chi connectivity index (χ0n) is 14.2. The first-order chi connectivity index (χ1) is 13.3. The Hall–Kier alpha value is -1.87. The predicted octanol–water partition coefficient (Wildman–Crippen LogP) is 4.97. The third kappa shape index (κ3) is 5.14. The Morgan fingerprint density at radius 2 is 2.00 bits per heavy atom. The number of halogens is 2. The van der Waals surface area contributed by atoms with E-state index in [0.717, 1.165) is 32.3 Å². The highest BCUT2D eigenvalue weighted by molar-refractivity contribution is 9.10. The van der Waals surface area contributed by atoms with Crippen molar-refractivity contribution < 1.29 is 19.4 Å². The van der Waals surface area contributed by atoms with E-state index < -0.39 is 18.4 Å². The Bertz CT molecular complexity index is 978. The van der Waals surface area contributed by atoms with Crippen molar-refractivity contribution in [1.29, 1.82) is 0 Å². The van der Waals surface area contributed by atoms with E-state index in [0.29, 0.717) is 22.3 Å². The molecule has 1 N–H and O–H groups in total. The van der Waals surface area contributed by atoms with Gasteiger partial charge in [0.2, 0.25) is 0 Å². The smallest absolute Gasteiger partial charge is 0.323 e. The minimum Gasteiger partial charge on any atom is -0.488 e. The van der Waals surface area contributed by atoms with Crippen molar-refractivity contribution in [3.05, 3.63) is 68.0 Å². The van der Waals surface area contributed by atoms with Gasteiger partial charge in [-0.2, -0.15) is 0 Å². The van der Waals surface area contributed by atoms with Gasteiger partial charge in [0.25, 0.3) is 5.91 Å². The van der Waals surface area contributed by atoms with E-state index in [1.807, 2.05) is 24.3 Å². The molecule has 0 spiro atoms. The minimum atomic E-state index is -1.11. The first-order valence-corrected chi connectivity index (χ1v) is 10.4. The first-order valence-electron chi connectivity index (χ1n) is 7.97. The molecule has 9 heteroatoms. The quantitative estimate of drug-likeness (QED) is 0.448. The van der Waals surface area contributed by atoms with Crippen molar-refractivity contribution in [2.24, 2.45) is 0 Å². The summed E-state index contributed by atoms with van der Waals surface area (Å²) in [5.74, 6) is -0.857. The van der Waals surface area contributed by atoms with Gasteiger partial charge in [-0.15, -0.1) is 0 Å². The highest BCUT2D eigenvalue weighted by Gasteiger charge is 2.33. The van der Waals surface area contributed by atoms with Gasteiger partial charge in [-0.05, 0) is 57.4 Å². The molecular weight excluding hydrogens is 486 g/mol. The van der Waals surface area contributed by atoms with Gasteiger partial charge in [-0.25, -0.2) is 0 Å². The van der Waals surface area contributed by atoms with Crippen LogP contribution in [0.4, 0.5) is 0 Å². The van der Waals surface area contributed by atoms with Crippen molar-refractivity contribution in [3.63, 3.8) is 0 Å². The largest absolute Gasteiger partial charge is 0.488 e. The second-order valence-electron chi connectivity index (χ2n) is 5.77. The molecule has 0 unspecified atom stereocenters. The van der Waals surface area contributed by atoms with Crippen molar-refractivity contribution >= 4 is 73.8 Å². The Kier molecular flexibility index (Phi) is 6.77. The molecule has 3 rings (SSSR count). The Labute approximate surface area is 184 Å². The minimum absolute atomic E-state index is 0.237. The van der Waals surface area contributed by atoms with Gasteiger partial charge < -0.3 is 9.84 Å². The molecule has 5 nitrogen and oxygen atoms in total. The number of ether oxygens (including phenoxy) is 1. The molecule has 1 heterocycles. The summed E-state index contributed by atoms with van der Waals surface area (Å²) in [5.41, 5.74) is 1.75. The number of carbonyl (C=O) groups excluding carboxylic acids is 1. The number of thioether (sulfide) groups is 1. The molecule has 1 saturated heterocycles. The molecule has 1 aliphatic heterocycles. The second kappa shape index (κ2) is 9.09. The van der Waals surface area contributed by atoms with Gasteiger partial charge in [0.1, 0.15) is 23.2 Å². The van der Waals surface area contributed by atoms with E-state index >= 15 is 0 Å². The molecule has 1 amide bonds. The predicted molar refractivity (Wildman–Crippen MR) is 117 cm³/mol. The summed E-state index contributed by atoms with van der Waals surface area (Å²) >= 11 is 15.5. The molecular formula is C19H13BrClNO4S2. The number of hydrogen-bond acceptors (Lipinski definition) is 5. The van der Waals surface area contributed by atoms with Crippen LogP contribution < -0.4 is 4.74 Å². The summed E-state index contributed by atoms with van der Waals surface area (Å²) in [7, 11) is 0. The fourth-order valence-electron chi connectivity index (χ4n) is 2.39. The van der Waals surface area contributed by atoms with Gasteiger partial charge in [0, 0.05) is 5.02 Å². The van der Waals surface area contributed by atoms with Crippen molar-refractivity contribution in [2.45, 2.75) is 6.61 Å². The molecule has 1 aliphatic rings. The molecule has 0 saturated carbocycles. The number of nitrogens with zero attached hydrogens (tertiary/aromatic N) is 1. The molecule has 1 fully saturated rings. The highest BCUT2D eigenvalue weighted by Crippen LogP contribution is 2.34. The number of carboxylic acids is 1. The number of hydrogen-bond donors (Lipinski definition) is 1. The van der Waals surface area contributed by atoms with E-state index in [1.54, 1.807) is 24.3 Å². The van der Waals surface area contributed by atoms with Gasteiger partial charge in [0.05, 0.1) is 9.38 Å². The average Bonchev–Trinajstić information content (AvgIpc) is 2.89. The molecule has 0 radical (unpaired) electrons. The molecule has 0 atom stereocenters. The van der Waals surface area contributed by atoms with Crippen molar-refractivity contribution in [2.75, 3.05) is 6.54 Å². The van der Waals surface area contributed by atoms with Crippen LogP contribution in [-0.4, -0.2) is 32.7 Å². The number of benzene rings is 2. The number of amides is 1. The molecule has 28 heavy (non-hydrogen) atoms. The highest BCUT2D eigenvalue weighted by atomic mass is 79.9. The SMILES string of the molecule is O=C(O)CN1C(=O)/C(=C/c2ccc(OCc3ccc(Cl)cc3)c(Br)c2)SC1=S. The molecule has 0 bridgehead atoms. The van der Waals surface area contributed by atoms with Gasteiger partial charge in [-0.3, -0.25) is 14.5 Å². The van der Waals surface area contributed by atoms with Crippen LogP contribution in [0.2, 0.25) is 5.02 Å². The number of carbonyl (C=O) groups is 2. The maximum atomic E-state index is 12.3. The normalized spacial score (nSPS) is 15.4. The lowest BCUT2D eigenvalue weighted by Crippen LogP contribution is -2.33. The number of aliphatic carboxylic acids is 1. The van der Waals surface area contributed by atoms with E-state index in [1.165, 1.54) is 0 Å². The van der Waals surface area contributed by atoms with Crippen LogP contribution in [-0.2, 0) is 16.2 Å². The summed E-state index contributed by atoms with van der Waals surface area (Å²) in [6.45, 7) is -0.0495. The van der Waals surface area contributed by atoms with Crippen LogP contribution >= 0.6 is 51.5 Å². The standard InChI is InChI=1S/C19H13BrClNO4S2/c20-14-7-12(8-16-18(25)22(9-17(23)24)19(27)28-16)3-6-15(14)26-10-11-1-4-13(21)5-2-11/h1-8H,9-10H2,(H,23,24)/b16-8-. The van der Waals surface area contributed by atoms with Crippen LogP contribution in [0, 0.1) is 0 Å². The number of carboxylic acid groups (broad SMARTS) is 1. The Morgan fingerprint density at radius 3 is 2.64 bits per heavy atom. The topological polar surface area (TPSA) is 66.8 Å². The molecule has 2 aromatic carbocycles. The van der Waals surface area contributed by atoms with E-state index in [4.69, 9.17) is 33.7 Å². The molecule has 0 aliphatic carbocycles. The van der Waals surface area contributed by atoms with Crippen LogP contribution in [0.3, 0.4) is 0 Å². The summed E-state index contributed by atoms with van der Waals surface area (Å²) < 4.78 is 6.78. The fourth-order valence-corrected chi connectivity index (χ4v) is 4.28. The lowest BCUT2D eigenvalue weighted by Gasteiger charge is -2.10. The lowest BCUT2D eigenvalue weighted by atomic mass is 10.2. The maximum Gasteiger partial charge on any atom is 0.323 e. The van der Waals surface area contributed by atoms with E-state index in [9.17, 15) is 9.59 Å². The third-order valence-corrected chi connectivity index (χ3v) is 5.98. The van der Waals surface area contributed by atoms with E-state index in [-0.39, 0.29) is 4.32 Å². The van der Waals surface area contributed by atoms with Crippen LogP contribution in [0.15, 0.2) is 51.8 Å². The zero-order valence-corrected chi connectivity index (χ0v) is 18.2. The summed E-state index contributed by atoms with van der Waals surface area (Å²) in [6.07, 6.45) is 1.68. The number of thiocarbonyl (C=S) groups is 1. The second-order valence-corrected chi connectivity index (χ2v) is 8.73. The first kappa shape index (κ1) is 20.9. The van der Waals surface area contributed by atoms with Gasteiger partial charge >= 0.3 is 5.97 Å².